The first kappa shape index (κ1) is 9.30. The Morgan fingerprint density at radius 3 is 1.90 bits per heavy atom. The Morgan fingerprint density at radius 1 is 1.30 bits per heavy atom. The summed E-state index contributed by atoms with van der Waals surface area (Å²) in [6.45, 7) is 1.81. The van der Waals surface area contributed by atoms with Crippen molar-refractivity contribution >= 4 is 12.6 Å². The minimum Gasteiger partial charge on any atom is -0.303 e. The van der Waals surface area contributed by atoms with Crippen molar-refractivity contribution in [2.24, 2.45) is 0 Å². The molecule has 0 atom stereocenters. The van der Waals surface area contributed by atoms with E-state index >= 15 is 0 Å². The van der Waals surface area contributed by atoms with Crippen LogP contribution in [0.1, 0.15) is 26.2 Å². The van der Waals surface area contributed by atoms with E-state index in [1.807, 2.05) is 0 Å². The molecule has 0 aromatic heterocycles. The van der Waals surface area contributed by atoms with Crippen molar-refractivity contribution in [3.63, 3.8) is 0 Å². The highest BCUT2D eigenvalue weighted by Crippen LogP contribution is 2.15. The second-order valence-electron chi connectivity index (χ2n) is 2.38. The number of rotatable bonds is 5. The van der Waals surface area contributed by atoms with E-state index in [2.05, 4.69) is 0 Å². The van der Waals surface area contributed by atoms with Gasteiger partial charge >= 0.3 is 0 Å². The third-order valence-electron chi connectivity index (χ3n) is 1.62. The summed E-state index contributed by atoms with van der Waals surface area (Å²) in [6.07, 6.45) is 2.24. The van der Waals surface area contributed by atoms with Gasteiger partial charge in [0.25, 0.3) is 0 Å². The Balaban J connectivity index is 3.92. The van der Waals surface area contributed by atoms with E-state index < -0.39 is 5.54 Å². The van der Waals surface area contributed by atoms with Crippen molar-refractivity contribution in [2.45, 2.75) is 31.7 Å². The average molecular weight is 142 g/mol. The van der Waals surface area contributed by atoms with Crippen LogP contribution < -0.4 is 5.73 Å². The fraction of sp³-hybridized carbons (Fsp3) is 0.714. The summed E-state index contributed by atoms with van der Waals surface area (Å²) in [5.41, 5.74) is 6.66. The van der Waals surface area contributed by atoms with Gasteiger partial charge in [0.1, 0.15) is 12.6 Å². The fourth-order valence-corrected chi connectivity index (χ4v) is 0.691. The highest BCUT2D eigenvalue weighted by molar-refractivity contribution is 5.57. The molecule has 0 amide bonds. The van der Waals surface area contributed by atoms with Crippen molar-refractivity contribution in [1.29, 1.82) is 0 Å². The van der Waals surface area contributed by atoms with Gasteiger partial charge in [0, 0.05) is 18.4 Å². The minimum atomic E-state index is -0.844. The first-order valence-corrected chi connectivity index (χ1v) is 3.31. The van der Waals surface area contributed by atoms with Crippen LogP contribution in [0.4, 0.5) is 0 Å². The third-order valence-corrected chi connectivity index (χ3v) is 1.62. The van der Waals surface area contributed by atoms with Crippen LogP contribution in [0, 0.1) is 0 Å². The van der Waals surface area contributed by atoms with Gasteiger partial charge in [0.2, 0.25) is 0 Å². The standard InChI is InChI=1S/C7H12NO2/c1-2-7(8,3-5-9)4-6-10/h5-6,8H,2-4H2,1H3. The highest BCUT2D eigenvalue weighted by Gasteiger charge is 2.21. The normalized spacial score (nSPS) is 11.0. The van der Waals surface area contributed by atoms with Gasteiger partial charge in [-0.3, -0.25) is 5.73 Å². The molecular weight excluding hydrogens is 130 g/mol. The lowest BCUT2D eigenvalue weighted by atomic mass is 9.91. The molecule has 0 fully saturated rings. The van der Waals surface area contributed by atoms with Crippen molar-refractivity contribution in [3.8, 4) is 0 Å². The van der Waals surface area contributed by atoms with E-state index in [4.69, 9.17) is 5.73 Å². The van der Waals surface area contributed by atoms with Gasteiger partial charge in [0.05, 0.1) is 0 Å². The average Bonchev–Trinajstić information content (AvgIpc) is 1.89. The smallest absolute Gasteiger partial charge is 0.121 e. The first-order chi connectivity index (χ1) is 4.68. The van der Waals surface area contributed by atoms with Crippen LogP contribution in [-0.2, 0) is 9.59 Å². The molecule has 0 saturated heterocycles. The zero-order valence-corrected chi connectivity index (χ0v) is 6.09. The monoisotopic (exact) mass is 142 g/mol. The van der Waals surface area contributed by atoms with Crippen LogP contribution in [0.3, 0.4) is 0 Å². The van der Waals surface area contributed by atoms with Gasteiger partial charge in [0.15, 0.2) is 0 Å². The lowest BCUT2D eigenvalue weighted by molar-refractivity contribution is -0.110. The lowest BCUT2D eigenvalue weighted by Gasteiger charge is -2.20. The number of hydrogen-bond acceptors (Lipinski definition) is 2. The van der Waals surface area contributed by atoms with E-state index in [-0.39, 0.29) is 12.8 Å². The SMILES string of the molecule is CCC([NH])(CC=O)CC=O. The van der Waals surface area contributed by atoms with E-state index in [9.17, 15) is 9.59 Å². The Morgan fingerprint density at radius 2 is 1.70 bits per heavy atom. The molecule has 0 aliphatic rings. The number of hydrogen-bond donors (Lipinski definition) is 0. The fourth-order valence-electron chi connectivity index (χ4n) is 0.691. The second kappa shape index (κ2) is 4.17. The lowest BCUT2D eigenvalue weighted by Crippen LogP contribution is -2.30. The van der Waals surface area contributed by atoms with Gasteiger partial charge in [-0.25, -0.2) is 0 Å². The van der Waals surface area contributed by atoms with E-state index in [1.165, 1.54) is 0 Å². The quantitative estimate of drug-likeness (QED) is 0.527. The molecule has 0 saturated carbocycles. The number of carbonyl (C=O) groups is 2. The second-order valence-corrected chi connectivity index (χ2v) is 2.38. The van der Waals surface area contributed by atoms with E-state index in [0.29, 0.717) is 19.0 Å². The summed E-state index contributed by atoms with van der Waals surface area (Å²) in [5, 5.41) is 0. The van der Waals surface area contributed by atoms with Gasteiger partial charge in [-0.15, -0.1) is 0 Å². The zero-order chi connectivity index (χ0) is 8.04. The van der Waals surface area contributed by atoms with Crippen molar-refractivity contribution in [1.82, 2.24) is 5.73 Å². The maximum absolute atomic E-state index is 10.0. The molecule has 3 heteroatoms. The van der Waals surface area contributed by atoms with E-state index in [1.54, 1.807) is 6.92 Å². The van der Waals surface area contributed by atoms with Gasteiger partial charge < -0.3 is 9.59 Å². The molecule has 0 aromatic carbocycles. The largest absolute Gasteiger partial charge is 0.303 e. The Labute approximate surface area is 60.6 Å². The Hall–Kier alpha value is -0.700. The zero-order valence-electron chi connectivity index (χ0n) is 6.09. The van der Waals surface area contributed by atoms with Gasteiger partial charge in [-0.2, -0.15) is 0 Å². The van der Waals surface area contributed by atoms with Crippen LogP contribution in [0.15, 0.2) is 0 Å². The van der Waals surface area contributed by atoms with Crippen LogP contribution in [0.2, 0.25) is 0 Å². The molecular formula is C7H12NO2. The minimum absolute atomic E-state index is 0.155. The topological polar surface area (TPSA) is 57.9 Å². The molecule has 0 bridgehead atoms. The van der Waals surface area contributed by atoms with Crippen molar-refractivity contribution < 1.29 is 9.59 Å². The Kier molecular flexibility index (Phi) is 3.88. The van der Waals surface area contributed by atoms with Crippen LogP contribution >= 0.6 is 0 Å². The molecule has 0 aliphatic heterocycles. The molecule has 1 radical (unpaired) electrons. The molecule has 1 N–H and O–H groups in total. The van der Waals surface area contributed by atoms with Crippen LogP contribution in [0.25, 0.3) is 0 Å². The van der Waals surface area contributed by atoms with Crippen LogP contribution in [0.5, 0.6) is 0 Å². The van der Waals surface area contributed by atoms with Crippen LogP contribution in [-0.4, -0.2) is 18.1 Å². The summed E-state index contributed by atoms with van der Waals surface area (Å²) < 4.78 is 0. The number of nitrogens with one attached hydrogen (secondary N) is 1. The van der Waals surface area contributed by atoms with Crippen molar-refractivity contribution in [2.75, 3.05) is 0 Å². The third kappa shape index (κ3) is 2.73. The molecule has 0 rings (SSSR count). The predicted molar refractivity (Wildman–Crippen MR) is 37.5 cm³/mol. The molecule has 0 unspecified atom stereocenters. The van der Waals surface area contributed by atoms with Crippen molar-refractivity contribution in [3.05, 3.63) is 0 Å². The summed E-state index contributed by atoms with van der Waals surface area (Å²) in [6, 6.07) is 0. The van der Waals surface area contributed by atoms with E-state index in [0.717, 1.165) is 0 Å². The molecule has 10 heavy (non-hydrogen) atoms. The molecule has 0 aromatic rings. The maximum Gasteiger partial charge on any atom is 0.121 e. The molecule has 0 spiro atoms. The number of aldehydes is 2. The van der Waals surface area contributed by atoms with Gasteiger partial charge in [-0.1, -0.05) is 6.92 Å². The number of carbonyl (C=O) groups excluding carboxylic acids is 2. The molecule has 0 heterocycles. The first-order valence-electron chi connectivity index (χ1n) is 3.31. The molecule has 3 nitrogen and oxygen atoms in total. The van der Waals surface area contributed by atoms with Gasteiger partial charge in [-0.05, 0) is 6.42 Å². The maximum atomic E-state index is 10.0. The molecule has 57 valence electrons. The highest BCUT2D eigenvalue weighted by atomic mass is 16.1. The summed E-state index contributed by atoms with van der Waals surface area (Å²) in [5.74, 6) is 0. The Bertz CT molecular complexity index is 113. The summed E-state index contributed by atoms with van der Waals surface area (Å²) in [7, 11) is 0. The summed E-state index contributed by atoms with van der Waals surface area (Å²) in [4.78, 5) is 20.0. The summed E-state index contributed by atoms with van der Waals surface area (Å²) >= 11 is 0. The molecule has 0 aliphatic carbocycles. The predicted octanol–water partition coefficient (Wildman–Crippen LogP) is 0.596.